The zero-order chi connectivity index (χ0) is 15.3. The van der Waals surface area contributed by atoms with E-state index in [1.54, 1.807) is 4.90 Å². The number of aliphatic hydroxyl groups is 1. The Morgan fingerprint density at radius 2 is 1.85 bits per heavy atom. The van der Waals surface area contributed by atoms with Gasteiger partial charge in [0, 0.05) is 17.1 Å². The summed E-state index contributed by atoms with van der Waals surface area (Å²) in [4.78, 5) is 1.65. The molecule has 0 aliphatic heterocycles. The van der Waals surface area contributed by atoms with Gasteiger partial charge >= 0.3 is 6.18 Å². The molecule has 0 amide bonds. The van der Waals surface area contributed by atoms with Crippen LogP contribution in [0, 0.1) is 0 Å². The molecular weight excluding hydrogens is 335 g/mol. The minimum absolute atomic E-state index is 0.0300. The fraction of sp³-hybridized carbons (Fsp3) is 0.571. The van der Waals surface area contributed by atoms with Crippen molar-refractivity contribution in [1.29, 1.82) is 0 Å². The van der Waals surface area contributed by atoms with Crippen molar-refractivity contribution < 1.29 is 18.3 Å². The molecule has 1 aromatic carbocycles. The monoisotopic (exact) mass is 353 g/mol. The highest BCUT2D eigenvalue weighted by molar-refractivity contribution is 9.10. The molecule has 0 heterocycles. The molecule has 1 N–H and O–H groups in total. The highest BCUT2D eigenvalue weighted by atomic mass is 79.9. The fourth-order valence-corrected chi connectivity index (χ4v) is 2.67. The number of aliphatic hydroxyl groups excluding tert-OH is 1. The first kappa shape index (κ1) is 17.3. The van der Waals surface area contributed by atoms with Gasteiger partial charge in [-0.2, -0.15) is 13.2 Å². The van der Waals surface area contributed by atoms with E-state index in [1.807, 2.05) is 13.8 Å². The van der Waals surface area contributed by atoms with Crippen LogP contribution in [0.25, 0.3) is 0 Å². The summed E-state index contributed by atoms with van der Waals surface area (Å²) in [7, 11) is 0. The largest absolute Gasteiger partial charge is 0.418 e. The van der Waals surface area contributed by atoms with E-state index in [0.717, 1.165) is 18.9 Å². The maximum Gasteiger partial charge on any atom is 0.418 e. The smallest absolute Gasteiger partial charge is 0.395 e. The zero-order valence-corrected chi connectivity index (χ0v) is 13.1. The molecule has 0 bridgehead atoms. The molecule has 20 heavy (non-hydrogen) atoms. The molecule has 1 rings (SSSR count). The standard InChI is InChI=1S/C14H19BrF3NO/c1-3-11(4-2)19(7-8-20)13-9-10(15)5-6-12(13)14(16,17)18/h5-6,9,11,20H,3-4,7-8H2,1-2H3. The van der Waals surface area contributed by atoms with Crippen LogP contribution >= 0.6 is 15.9 Å². The van der Waals surface area contributed by atoms with Crippen LogP contribution in [0.1, 0.15) is 32.3 Å². The number of alkyl halides is 3. The van der Waals surface area contributed by atoms with E-state index in [0.29, 0.717) is 4.47 Å². The molecule has 0 radical (unpaired) electrons. The number of halogens is 4. The number of rotatable bonds is 6. The lowest BCUT2D eigenvalue weighted by Gasteiger charge is -2.34. The van der Waals surface area contributed by atoms with Crippen molar-refractivity contribution in [3.05, 3.63) is 28.2 Å². The normalized spacial score (nSPS) is 12.0. The van der Waals surface area contributed by atoms with Crippen molar-refractivity contribution in [3.8, 4) is 0 Å². The number of anilines is 1. The Balaban J connectivity index is 3.34. The van der Waals surface area contributed by atoms with E-state index in [4.69, 9.17) is 5.11 Å². The molecular formula is C14H19BrF3NO. The Labute approximate surface area is 125 Å². The van der Waals surface area contributed by atoms with Gasteiger partial charge in [0.05, 0.1) is 17.9 Å². The SMILES string of the molecule is CCC(CC)N(CCO)c1cc(Br)ccc1C(F)(F)F. The van der Waals surface area contributed by atoms with Gasteiger partial charge in [0.1, 0.15) is 0 Å². The van der Waals surface area contributed by atoms with Crippen molar-refractivity contribution in [2.24, 2.45) is 0 Å². The zero-order valence-electron chi connectivity index (χ0n) is 11.5. The number of nitrogens with zero attached hydrogens (tertiary/aromatic N) is 1. The molecule has 0 spiro atoms. The molecule has 114 valence electrons. The molecule has 0 atom stereocenters. The number of hydrogen-bond acceptors (Lipinski definition) is 2. The maximum absolute atomic E-state index is 13.1. The number of hydrogen-bond donors (Lipinski definition) is 1. The van der Waals surface area contributed by atoms with E-state index >= 15 is 0 Å². The van der Waals surface area contributed by atoms with Crippen LogP contribution in [0.5, 0.6) is 0 Å². The van der Waals surface area contributed by atoms with Gasteiger partial charge in [-0.3, -0.25) is 0 Å². The molecule has 0 saturated heterocycles. The lowest BCUT2D eigenvalue weighted by atomic mass is 10.1. The van der Waals surface area contributed by atoms with Crippen molar-refractivity contribution >= 4 is 21.6 Å². The molecule has 0 saturated carbocycles. The summed E-state index contributed by atoms with van der Waals surface area (Å²) < 4.78 is 40.0. The summed E-state index contributed by atoms with van der Waals surface area (Å²) in [5, 5.41) is 9.17. The minimum Gasteiger partial charge on any atom is -0.395 e. The van der Waals surface area contributed by atoms with Gasteiger partial charge in [0.15, 0.2) is 0 Å². The Bertz CT molecular complexity index is 433. The van der Waals surface area contributed by atoms with Crippen LogP contribution in [0.4, 0.5) is 18.9 Å². The summed E-state index contributed by atoms with van der Waals surface area (Å²) >= 11 is 3.22. The third kappa shape index (κ3) is 4.12. The maximum atomic E-state index is 13.1. The average Bonchev–Trinajstić information content (AvgIpc) is 2.37. The quantitative estimate of drug-likeness (QED) is 0.816. The third-order valence-corrected chi connectivity index (χ3v) is 3.79. The van der Waals surface area contributed by atoms with E-state index in [2.05, 4.69) is 15.9 Å². The van der Waals surface area contributed by atoms with Crippen LogP contribution in [0.2, 0.25) is 0 Å². The van der Waals surface area contributed by atoms with Gasteiger partial charge in [-0.25, -0.2) is 0 Å². The predicted molar refractivity (Wildman–Crippen MR) is 77.9 cm³/mol. The summed E-state index contributed by atoms with van der Waals surface area (Å²) in [5.74, 6) is 0. The first-order chi connectivity index (χ1) is 9.35. The van der Waals surface area contributed by atoms with E-state index in [-0.39, 0.29) is 24.9 Å². The van der Waals surface area contributed by atoms with E-state index < -0.39 is 11.7 Å². The van der Waals surface area contributed by atoms with Crippen LogP contribution < -0.4 is 4.90 Å². The Hall–Kier alpha value is -0.750. The first-order valence-electron chi connectivity index (χ1n) is 6.59. The van der Waals surface area contributed by atoms with Gasteiger partial charge in [-0.1, -0.05) is 29.8 Å². The second-order valence-electron chi connectivity index (χ2n) is 4.55. The average molecular weight is 354 g/mol. The Morgan fingerprint density at radius 3 is 2.30 bits per heavy atom. The second-order valence-corrected chi connectivity index (χ2v) is 5.46. The second kappa shape index (κ2) is 7.31. The van der Waals surface area contributed by atoms with Crippen LogP contribution in [0.3, 0.4) is 0 Å². The van der Waals surface area contributed by atoms with Gasteiger partial charge in [-0.15, -0.1) is 0 Å². The van der Waals surface area contributed by atoms with Crippen LogP contribution in [0.15, 0.2) is 22.7 Å². The van der Waals surface area contributed by atoms with Gasteiger partial charge < -0.3 is 10.0 Å². The number of benzene rings is 1. The minimum atomic E-state index is -4.41. The molecule has 1 aromatic rings. The van der Waals surface area contributed by atoms with Crippen molar-refractivity contribution in [2.75, 3.05) is 18.1 Å². The lowest BCUT2D eigenvalue weighted by Crippen LogP contribution is -2.38. The molecule has 2 nitrogen and oxygen atoms in total. The predicted octanol–water partition coefficient (Wildman–Crippen LogP) is 4.46. The molecule has 0 aromatic heterocycles. The van der Waals surface area contributed by atoms with Crippen LogP contribution in [-0.4, -0.2) is 24.3 Å². The highest BCUT2D eigenvalue weighted by Gasteiger charge is 2.35. The van der Waals surface area contributed by atoms with E-state index in [9.17, 15) is 13.2 Å². The van der Waals surface area contributed by atoms with Gasteiger partial charge in [0.2, 0.25) is 0 Å². The highest BCUT2D eigenvalue weighted by Crippen LogP contribution is 2.39. The summed E-state index contributed by atoms with van der Waals surface area (Å²) in [6.45, 7) is 3.87. The van der Waals surface area contributed by atoms with Gasteiger partial charge in [0.25, 0.3) is 0 Å². The Morgan fingerprint density at radius 1 is 1.25 bits per heavy atom. The lowest BCUT2D eigenvalue weighted by molar-refractivity contribution is -0.137. The van der Waals surface area contributed by atoms with Gasteiger partial charge in [-0.05, 0) is 31.0 Å². The molecule has 6 heteroatoms. The summed E-state index contributed by atoms with van der Waals surface area (Å²) in [6, 6.07) is 3.90. The first-order valence-corrected chi connectivity index (χ1v) is 7.38. The van der Waals surface area contributed by atoms with Crippen LogP contribution in [-0.2, 0) is 6.18 Å². The molecule has 0 fully saturated rings. The van der Waals surface area contributed by atoms with Crippen molar-refractivity contribution in [2.45, 2.75) is 38.9 Å². The summed E-state index contributed by atoms with van der Waals surface area (Å²) in [5.41, 5.74) is -0.546. The Kier molecular flexibility index (Phi) is 6.33. The molecule has 0 aliphatic rings. The van der Waals surface area contributed by atoms with Crippen molar-refractivity contribution in [3.63, 3.8) is 0 Å². The topological polar surface area (TPSA) is 23.5 Å². The third-order valence-electron chi connectivity index (χ3n) is 3.30. The summed E-state index contributed by atoms with van der Waals surface area (Å²) in [6.07, 6.45) is -2.96. The fourth-order valence-electron chi connectivity index (χ4n) is 2.32. The van der Waals surface area contributed by atoms with Crippen molar-refractivity contribution in [1.82, 2.24) is 0 Å². The molecule has 0 aliphatic carbocycles. The molecule has 0 unspecified atom stereocenters. The van der Waals surface area contributed by atoms with E-state index in [1.165, 1.54) is 12.1 Å².